The van der Waals surface area contributed by atoms with Crippen molar-refractivity contribution in [3.05, 3.63) is 29.8 Å². The molecule has 1 heterocycles. The molecule has 0 spiro atoms. The zero-order valence-corrected chi connectivity index (χ0v) is 13.3. The molecule has 1 aromatic rings. The second kappa shape index (κ2) is 6.74. The van der Waals surface area contributed by atoms with E-state index in [9.17, 15) is 13.2 Å². The summed E-state index contributed by atoms with van der Waals surface area (Å²) < 4.78 is 32.4. The molecule has 0 bridgehead atoms. The number of carbonyl (C=O) groups excluding carboxylic acids is 1. The van der Waals surface area contributed by atoms with E-state index in [-0.39, 0.29) is 22.5 Å². The summed E-state index contributed by atoms with van der Waals surface area (Å²) in [6, 6.07) is 5.53. The van der Waals surface area contributed by atoms with Crippen molar-refractivity contribution in [3.8, 4) is 0 Å². The van der Waals surface area contributed by atoms with E-state index in [1.807, 2.05) is 0 Å². The van der Waals surface area contributed by atoms with Gasteiger partial charge in [-0.15, -0.1) is 0 Å². The van der Waals surface area contributed by atoms with Crippen molar-refractivity contribution >= 4 is 15.9 Å². The summed E-state index contributed by atoms with van der Waals surface area (Å²) in [4.78, 5) is 11.1. The van der Waals surface area contributed by atoms with Crippen molar-refractivity contribution in [2.45, 2.75) is 23.3 Å². The molecule has 122 valence electrons. The number of carbonyl (C=O) groups is 1. The molecule has 1 saturated heterocycles. The Labute approximate surface area is 130 Å². The Hall–Kier alpha value is -1.48. The van der Waals surface area contributed by atoms with Crippen molar-refractivity contribution in [2.75, 3.05) is 26.8 Å². The van der Waals surface area contributed by atoms with Gasteiger partial charge in [-0.2, -0.15) is 0 Å². The molecule has 1 aliphatic heterocycles. The van der Waals surface area contributed by atoms with Gasteiger partial charge in [-0.25, -0.2) is 13.1 Å². The maximum absolute atomic E-state index is 12.3. The molecule has 0 aromatic heterocycles. The SMILES string of the molecule is COCC1(CNS(=O)(=O)c2ccc(C(N)=O)cc2)CCCN1. The molecular weight excluding hydrogens is 306 g/mol. The molecule has 0 saturated carbocycles. The van der Waals surface area contributed by atoms with Crippen molar-refractivity contribution in [1.82, 2.24) is 10.0 Å². The molecule has 1 fully saturated rings. The standard InChI is InChI=1S/C14H21N3O4S/c1-21-10-14(7-2-8-16-14)9-17-22(19,20)12-5-3-11(4-6-12)13(15)18/h3-6,16-17H,2,7-10H2,1H3,(H2,15,18). The first-order valence-electron chi connectivity index (χ1n) is 7.02. The van der Waals surface area contributed by atoms with Gasteiger partial charge < -0.3 is 15.8 Å². The van der Waals surface area contributed by atoms with Gasteiger partial charge in [0.2, 0.25) is 15.9 Å². The number of nitrogens with two attached hydrogens (primary N) is 1. The minimum absolute atomic E-state index is 0.100. The first-order valence-corrected chi connectivity index (χ1v) is 8.50. The van der Waals surface area contributed by atoms with Crippen LogP contribution in [0.3, 0.4) is 0 Å². The number of methoxy groups -OCH3 is 1. The maximum atomic E-state index is 12.3. The molecule has 1 atom stereocenters. The number of amides is 1. The van der Waals surface area contributed by atoms with Gasteiger partial charge in [-0.1, -0.05) is 0 Å². The molecule has 1 aromatic carbocycles. The van der Waals surface area contributed by atoms with Crippen LogP contribution in [0.2, 0.25) is 0 Å². The Kier molecular flexibility index (Phi) is 5.17. The molecule has 0 radical (unpaired) electrons. The lowest BCUT2D eigenvalue weighted by Gasteiger charge is -2.28. The zero-order valence-electron chi connectivity index (χ0n) is 12.5. The third kappa shape index (κ3) is 3.83. The number of ether oxygens (including phenoxy) is 1. The average molecular weight is 327 g/mol. The molecule has 1 amide bonds. The lowest BCUT2D eigenvalue weighted by atomic mass is 9.99. The van der Waals surface area contributed by atoms with Gasteiger partial charge in [0, 0.05) is 19.2 Å². The largest absolute Gasteiger partial charge is 0.383 e. The van der Waals surface area contributed by atoms with Crippen LogP contribution in [0.5, 0.6) is 0 Å². The zero-order chi connectivity index (χ0) is 16.2. The number of sulfonamides is 1. The fourth-order valence-electron chi connectivity index (χ4n) is 2.58. The highest BCUT2D eigenvalue weighted by Gasteiger charge is 2.34. The number of rotatable bonds is 7. The van der Waals surface area contributed by atoms with Crippen LogP contribution in [0.25, 0.3) is 0 Å². The molecule has 1 aliphatic rings. The van der Waals surface area contributed by atoms with Crippen LogP contribution in [-0.2, 0) is 14.8 Å². The Morgan fingerprint density at radius 3 is 2.59 bits per heavy atom. The lowest BCUT2D eigenvalue weighted by molar-refractivity contribution is 0.1000. The van der Waals surface area contributed by atoms with Gasteiger partial charge in [-0.05, 0) is 43.7 Å². The summed E-state index contributed by atoms with van der Waals surface area (Å²) in [5, 5.41) is 3.31. The van der Waals surface area contributed by atoms with E-state index in [0.29, 0.717) is 6.61 Å². The van der Waals surface area contributed by atoms with E-state index in [1.54, 1.807) is 7.11 Å². The van der Waals surface area contributed by atoms with E-state index in [1.165, 1.54) is 24.3 Å². The molecule has 0 aliphatic carbocycles. The topological polar surface area (TPSA) is 111 Å². The molecule has 22 heavy (non-hydrogen) atoms. The van der Waals surface area contributed by atoms with Gasteiger partial charge >= 0.3 is 0 Å². The summed E-state index contributed by atoms with van der Waals surface area (Å²) in [6.07, 6.45) is 1.84. The lowest BCUT2D eigenvalue weighted by Crippen LogP contribution is -2.52. The Morgan fingerprint density at radius 1 is 1.41 bits per heavy atom. The number of benzene rings is 1. The van der Waals surface area contributed by atoms with Gasteiger partial charge in [0.05, 0.1) is 17.0 Å². The average Bonchev–Trinajstić information content (AvgIpc) is 2.95. The van der Waals surface area contributed by atoms with E-state index in [4.69, 9.17) is 10.5 Å². The fraction of sp³-hybridized carbons (Fsp3) is 0.500. The first-order chi connectivity index (χ1) is 10.4. The van der Waals surface area contributed by atoms with E-state index < -0.39 is 15.9 Å². The first kappa shape index (κ1) is 16.9. The Morgan fingerprint density at radius 2 is 2.09 bits per heavy atom. The number of primary amides is 1. The van der Waals surface area contributed by atoms with Crippen LogP contribution in [-0.4, -0.2) is 46.7 Å². The monoisotopic (exact) mass is 327 g/mol. The summed E-state index contributed by atoms with van der Waals surface area (Å²) in [5.74, 6) is -0.592. The number of hydrogen-bond acceptors (Lipinski definition) is 5. The highest BCUT2D eigenvalue weighted by atomic mass is 32.2. The van der Waals surface area contributed by atoms with Crippen LogP contribution in [0, 0.1) is 0 Å². The van der Waals surface area contributed by atoms with Crippen molar-refractivity contribution in [3.63, 3.8) is 0 Å². The highest BCUT2D eigenvalue weighted by molar-refractivity contribution is 7.89. The predicted molar refractivity (Wildman–Crippen MR) is 82.0 cm³/mol. The van der Waals surface area contributed by atoms with Gasteiger partial charge in [0.15, 0.2) is 0 Å². The van der Waals surface area contributed by atoms with Crippen molar-refractivity contribution in [2.24, 2.45) is 5.73 Å². The minimum atomic E-state index is -3.64. The van der Waals surface area contributed by atoms with Crippen molar-refractivity contribution < 1.29 is 17.9 Å². The summed E-state index contributed by atoms with van der Waals surface area (Å²) in [5.41, 5.74) is 5.04. The van der Waals surface area contributed by atoms with Gasteiger partial charge in [0.25, 0.3) is 0 Å². The second-order valence-electron chi connectivity index (χ2n) is 5.46. The van der Waals surface area contributed by atoms with Gasteiger partial charge in [-0.3, -0.25) is 4.79 Å². The quantitative estimate of drug-likeness (QED) is 0.644. The maximum Gasteiger partial charge on any atom is 0.248 e. The van der Waals surface area contributed by atoms with Crippen LogP contribution in [0.4, 0.5) is 0 Å². The Bertz CT molecular complexity index is 622. The van der Waals surface area contributed by atoms with E-state index in [0.717, 1.165) is 19.4 Å². The van der Waals surface area contributed by atoms with Crippen LogP contribution >= 0.6 is 0 Å². The molecule has 2 rings (SSSR count). The van der Waals surface area contributed by atoms with Crippen molar-refractivity contribution in [1.29, 1.82) is 0 Å². The highest BCUT2D eigenvalue weighted by Crippen LogP contribution is 2.20. The molecular formula is C14H21N3O4S. The summed E-state index contributed by atoms with van der Waals surface area (Å²) in [7, 11) is -2.05. The smallest absolute Gasteiger partial charge is 0.248 e. The third-order valence-electron chi connectivity index (χ3n) is 3.80. The summed E-state index contributed by atoms with van der Waals surface area (Å²) >= 11 is 0. The normalized spacial score (nSPS) is 21.9. The minimum Gasteiger partial charge on any atom is -0.383 e. The van der Waals surface area contributed by atoms with E-state index >= 15 is 0 Å². The van der Waals surface area contributed by atoms with E-state index in [2.05, 4.69) is 10.0 Å². The molecule has 8 heteroatoms. The molecule has 7 nitrogen and oxygen atoms in total. The Balaban J connectivity index is 2.08. The van der Waals surface area contributed by atoms with Crippen LogP contribution < -0.4 is 15.8 Å². The molecule has 4 N–H and O–H groups in total. The second-order valence-corrected chi connectivity index (χ2v) is 7.22. The van der Waals surface area contributed by atoms with Gasteiger partial charge in [0.1, 0.15) is 0 Å². The van der Waals surface area contributed by atoms with Crippen LogP contribution in [0.1, 0.15) is 23.2 Å². The van der Waals surface area contributed by atoms with Crippen LogP contribution in [0.15, 0.2) is 29.2 Å². The number of hydrogen-bond donors (Lipinski definition) is 3. The predicted octanol–water partition coefficient (Wildman–Crippen LogP) is -0.168. The third-order valence-corrected chi connectivity index (χ3v) is 5.22. The number of nitrogens with one attached hydrogen (secondary N) is 2. The molecule has 1 unspecified atom stereocenters. The summed E-state index contributed by atoms with van der Waals surface area (Å²) in [6.45, 7) is 1.54. The fourth-order valence-corrected chi connectivity index (χ4v) is 3.71.